The molecule has 0 aliphatic rings. The van der Waals surface area contributed by atoms with Gasteiger partial charge in [0.25, 0.3) is 0 Å². The number of nitrogens with one attached hydrogen (secondary N) is 2. The monoisotopic (exact) mass is 393 g/mol. The Morgan fingerprint density at radius 3 is 2.97 bits per heavy atom. The van der Waals surface area contributed by atoms with Gasteiger partial charge in [0.15, 0.2) is 5.65 Å². The number of anilines is 1. The summed E-state index contributed by atoms with van der Waals surface area (Å²) in [5, 5.41) is 6.08. The van der Waals surface area contributed by atoms with Crippen molar-refractivity contribution < 1.29 is 13.6 Å². The molecule has 0 radical (unpaired) electrons. The third kappa shape index (κ3) is 4.26. The number of carbonyl (C=O) groups is 1. The molecule has 8 heteroatoms. The van der Waals surface area contributed by atoms with Crippen LogP contribution in [-0.2, 0) is 11.3 Å². The number of hydrogen-bond acceptors (Lipinski definition) is 5. The van der Waals surface area contributed by atoms with Crippen molar-refractivity contribution in [2.45, 2.75) is 19.9 Å². The van der Waals surface area contributed by atoms with Crippen molar-refractivity contribution in [3.63, 3.8) is 0 Å². The molecule has 0 aliphatic carbocycles. The summed E-state index contributed by atoms with van der Waals surface area (Å²) >= 11 is 0. The summed E-state index contributed by atoms with van der Waals surface area (Å²) in [6.45, 7) is 2.60. The van der Waals surface area contributed by atoms with Crippen LogP contribution in [0.2, 0.25) is 0 Å². The van der Waals surface area contributed by atoms with Gasteiger partial charge in [-0.15, -0.1) is 0 Å². The Bertz CT molecular complexity index is 1150. The quantitative estimate of drug-likeness (QED) is 0.502. The van der Waals surface area contributed by atoms with Crippen molar-refractivity contribution in [1.82, 2.24) is 19.7 Å². The zero-order chi connectivity index (χ0) is 20.2. The molecule has 0 saturated carbocycles. The van der Waals surface area contributed by atoms with Gasteiger partial charge in [-0.05, 0) is 31.2 Å². The number of amides is 1. The summed E-state index contributed by atoms with van der Waals surface area (Å²) in [5.41, 5.74) is 1.88. The van der Waals surface area contributed by atoms with Crippen molar-refractivity contribution >= 4 is 17.4 Å². The number of fused-ring (bicyclic) bond motifs is 1. The van der Waals surface area contributed by atoms with E-state index in [0.29, 0.717) is 41.6 Å². The van der Waals surface area contributed by atoms with Crippen molar-refractivity contribution in [2.75, 3.05) is 11.9 Å². The number of furan rings is 1. The van der Waals surface area contributed by atoms with Gasteiger partial charge in [-0.1, -0.05) is 12.1 Å². The minimum atomic E-state index is -0.337. The van der Waals surface area contributed by atoms with Crippen molar-refractivity contribution in [3.8, 4) is 11.3 Å². The van der Waals surface area contributed by atoms with E-state index < -0.39 is 0 Å². The molecule has 1 aromatic carbocycles. The Kier molecular flexibility index (Phi) is 5.24. The molecule has 148 valence electrons. The molecular formula is C21H20FN5O2. The summed E-state index contributed by atoms with van der Waals surface area (Å²) < 4.78 is 21.0. The molecule has 0 saturated heterocycles. The second-order valence-corrected chi connectivity index (χ2v) is 6.59. The van der Waals surface area contributed by atoms with E-state index in [1.165, 1.54) is 12.1 Å². The maximum Gasteiger partial charge on any atom is 0.222 e. The fraction of sp³-hybridized carbons (Fsp3) is 0.190. The van der Waals surface area contributed by atoms with Gasteiger partial charge >= 0.3 is 0 Å². The molecule has 0 atom stereocenters. The largest absolute Gasteiger partial charge is 0.465 e. The SMILES string of the molecule is Cc1ccc(CNC(=O)CCNc2c(-c3cccc(F)c3)nc3cnccn23)o1. The number of benzene rings is 1. The number of nitrogens with zero attached hydrogens (tertiary/aromatic N) is 3. The van der Waals surface area contributed by atoms with Gasteiger partial charge in [-0.25, -0.2) is 9.37 Å². The van der Waals surface area contributed by atoms with Crippen LogP contribution < -0.4 is 10.6 Å². The van der Waals surface area contributed by atoms with Crippen LogP contribution in [0, 0.1) is 12.7 Å². The van der Waals surface area contributed by atoms with Crippen LogP contribution in [0.25, 0.3) is 16.9 Å². The van der Waals surface area contributed by atoms with E-state index in [2.05, 4.69) is 20.6 Å². The van der Waals surface area contributed by atoms with Crippen LogP contribution in [0.3, 0.4) is 0 Å². The molecule has 0 fully saturated rings. The highest BCUT2D eigenvalue weighted by atomic mass is 19.1. The fourth-order valence-electron chi connectivity index (χ4n) is 3.06. The van der Waals surface area contributed by atoms with E-state index in [4.69, 9.17) is 4.42 Å². The molecular weight excluding hydrogens is 373 g/mol. The number of imidazole rings is 1. The van der Waals surface area contributed by atoms with Gasteiger partial charge in [0, 0.05) is 30.9 Å². The van der Waals surface area contributed by atoms with E-state index in [0.717, 1.165) is 5.76 Å². The first kappa shape index (κ1) is 18.7. The maximum absolute atomic E-state index is 13.7. The number of hydrogen-bond donors (Lipinski definition) is 2. The fourth-order valence-corrected chi connectivity index (χ4v) is 3.06. The molecule has 3 heterocycles. The third-order valence-corrected chi connectivity index (χ3v) is 4.43. The zero-order valence-electron chi connectivity index (χ0n) is 15.9. The van der Waals surface area contributed by atoms with Crippen LogP contribution in [0.1, 0.15) is 17.9 Å². The van der Waals surface area contributed by atoms with E-state index in [-0.39, 0.29) is 18.1 Å². The van der Waals surface area contributed by atoms with Gasteiger partial charge in [-0.3, -0.25) is 14.2 Å². The molecule has 29 heavy (non-hydrogen) atoms. The predicted molar refractivity (Wildman–Crippen MR) is 107 cm³/mol. The number of aryl methyl sites for hydroxylation is 1. The summed E-state index contributed by atoms with van der Waals surface area (Å²) in [6.07, 6.45) is 5.31. The minimum absolute atomic E-state index is 0.102. The van der Waals surface area contributed by atoms with Gasteiger partial charge in [0.2, 0.25) is 5.91 Å². The van der Waals surface area contributed by atoms with Crippen molar-refractivity contribution in [3.05, 3.63) is 72.3 Å². The molecule has 4 rings (SSSR count). The smallest absolute Gasteiger partial charge is 0.222 e. The topological polar surface area (TPSA) is 84.5 Å². The Labute approximate surface area is 166 Å². The lowest BCUT2D eigenvalue weighted by atomic mass is 10.1. The van der Waals surface area contributed by atoms with Gasteiger partial charge < -0.3 is 15.1 Å². The summed E-state index contributed by atoms with van der Waals surface area (Å²) in [4.78, 5) is 20.8. The summed E-state index contributed by atoms with van der Waals surface area (Å²) in [7, 11) is 0. The molecule has 2 N–H and O–H groups in total. The third-order valence-electron chi connectivity index (χ3n) is 4.43. The summed E-state index contributed by atoms with van der Waals surface area (Å²) in [6, 6.07) is 9.95. The number of aromatic nitrogens is 3. The van der Waals surface area contributed by atoms with Crippen LogP contribution in [0.15, 0.2) is 59.4 Å². The molecule has 7 nitrogen and oxygen atoms in total. The summed E-state index contributed by atoms with van der Waals surface area (Å²) in [5.74, 6) is 1.77. The van der Waals surface area contributed by atoms with Gasteiger partial charge in [0.05, 0.1) is 12.7 Å². The highest BCUT2D eigenvalue weighted by Crippen LogP contribution is 2.28. The van der Waals surface area contributed by atoms with Crippen LogP contribution in [0.4, 0.5) is 10.2 Å². The first-order chi connectivity index (χ1) is 14.1. The van der Waals surface area contributed by atoms with E-state index >= 15 is 0 Å². The Morgan fingerprint density at radius 2 is 2.17 bits per heavy atom. The second-order valence-electron chi connectivity index (χ2n) is 6.59. The Balaban J connectivity index is 1.46. The second kappa shape index (κ2) is 8.14. The lowest BCUT2D eigenvalue weighted by Crippen LogP contribution is -2.24. The van der Waals surface area contributed by atoms with Crippen molar-refractivity contribution in [2.24, 2.45) is 0 Å². The molecule has 0 unspecified atom stereocenters. The number of rotatable bonds is 7. The first-order valence-electron chi connectivity index (χ1n) is 9.24. The minimum Gasteiger partial charge on any atom is -0.465 e. The predicted octanol–water partition coefficient (Wildman–Crippen LogP) is 3.56. The Hall–Kier alpha value is -3.68. The zero-order valence-corrected chi connectivity index (χ0v) is 15.9. The van der Waals surface area contributed by atoms with Crippen LogP contribution in [-0.4, -0.2) is 26.8 Å². The molecule has 1 amide bonds. The average Bonchev–Trinajstić information content (AvgIpc) is 3.30. The van der Waals surface area contributed by atoms with E-state index in [1.807, 2.05) is 23.5 Å². The standard InChI is InChI=1S/C21H20FN5O2/c1-14-5-6-17(29-14)12-25-19(28)7-8-24-21-20(15-3-2-4-16(22)11-15)26-18-13-23-9-10-27(18)21/h2-6,9-11,13,24H,7-8,12H2,1H3,(H,25,28). The molecule has 0 bridgehead atoms. The molecule has 3 aromatic heterocycles. The highest BCUT2D eigenvalue weighted by Gasteiger charge is 2.15. The molecule has 0 aliphatic heterocycles. The van der Waals surface area contributed by atoms with E-state index in [1.54, 1.807) is 30.7 Å². The molecule has 0 spiro atoms. The maximum atomic E-state index is 13.7. The number of carbonyl (C=O) groups excluding carboxylic acids is 1. The van der Waals surface area contributed by atoms with Crippen LogP contribution >= 0.6 is 0 Å². The Morgan fingerprint density at radius 1 is 1.28 bits per heavy atom. The van der Waals surface area contributed by atoms with E-state index in [9.17, 15) is 9.18 Å². The average molecular weight is 393 g/mol. The van der Waals surface area contributed by atoms with Gasteiger partial charge in [0.1, 0.15) is 28.8 Å². The van der Waals surface area contributed by atoms with Crippen LogP contribution in [0.5, 0.6) is 0 Å². The first-order valence-corrected chi connectivity index (χ1v) is 9.24. The number of halogens is 1. The molecule has 4 aromatic rings. The normalized spacial score (nSPS) is 11.0. The lowest BCUT2D eigenvalue weighted by Gasteiger charge is -2.09. The van der Waals surface area contributed by atoms with Crippen molar-refractivity contribution in [1.29, 1.82) is 0 Å². The lowest BCUT2D eigenvalue weighted by molar-refractivity contribution is -0.121. The van der Waals surface area contributed by atoms with Gasteiger partial charge in [-0.2, -0.15) is 0 Å². The highest BCUT2D eigenvalue weighted by molar-refractivity contribution is 5.78.